The first-order valence-electron chi connectivity index (χ1n) is 4.24. The van der Waals surface area contributed by atoms with Crippen LogP contribution >= 0.6 is 0 Å². The second kappa shape index (κ2) is 5.15. The van der Waals surface area contributed by atoms with Gasteiger partial charge in [-0.25, -0.2) is 0 Å². The van der Waals surface area contributed by atoms with Crippen LogP contribution in [0.2, 0.25) is 0 Å². The zero-order valence-corrected chi connectivity index (χ0v) is 7.76. The van der Waals surface area contributed by atoms with Crippen LogP contribution < -0.4 is 5.32 Å². The van der Waals surface area contributed by atoms with Gasteiger partial charge in [0, 0.05) is 13.1 Å². The van der Waals surface area contributed by atoms with Crippen molar-refractivity contribution in [2.24, 2.45) is 0 Å². The van der Waals surface area contributed by atoms with E-state index in [-0.39, 0.29) is 6.10 Å². The Morgan fingerprint density at radius 3 is 3.00 bits per heavy atom. The number of nitrogens with one attached hydrogen (secondary N) is 1. The summed E-state index contributed by atoms with van der Waals surface area (Å²) in [5.41, 5.74) is 0. The van der Waals surface area contributed by atoms with Gasteiger partial charge in [0.15, 0.2) is 0 Å². The van der Waals surface area contributed by atoms with E-state index in [4.69, 9.17) is 4.74 Å². The van der Waals surface area contributed by atoms with Gasteiger partial charge in [-0.1, -0.05) is 11.8 Å². The van der Waals surface area contributed by atoms with Gasteiger partial charge in [0.1, 0.15) is 6.10 Å². The normalized spacial score (nSPS) is 23.4. The predicted molar refractivity (Wildman–Crippen MR) is 48.9 cm³/mol. The molecular formula is C9H16N2O. The Bertz CT molecular complexity index is 175. The van der Waals surface area contributed by atoms with Gasteiger partial charge in [-0.2, -0.15) is 0 Å². The van der Waals surface area contributed by atoms with Crippen molar-refractivity contribution >= 4 is 0 Å². The molecule has 1 saturated heterocycles. The van der Waals surface area contributed by atoms with Gasteiger partial charge in [0.2, 0.25) is 0 Å². The first kappa shape index (κ1) is 9.53. The molecule has 0 aromatic rings. The van der Waals surface area contributed by atoms with Crippen LogP contribution in [0.1, 0.15) is 0 Å². The standard InChI is InChI=1S/C9H16N2O/c1-11(2)6-3-4-9-8-10-5-7-12-9/h9-10H,5-8H2,1-2H3. The first-order valence-corrected chi connectivity index (χ1v) is 4.24. The van der Waals surface area contributed by atoms with E-state index in [0.29, 0.717) is 0 Å². The summed E-state index contributed by atoms with van der Waals surface area (Å²) in [6, 6.07) is 0. The number of rotatable bonds is 1. The highest BCUT2D eigenvalue weighted by Crippen LogP contribution is 1.92. The van der Waals surface area contributed by atoms with Gasteiger partial charge in [0.05, 0.1) is 13.2 Å². The van der Waals surface area contributed by atoms with Crippen molar-refractivity contribution < 1.29 is 4.74 Å². The minimum atomic E-state index is 0.0960. The van der Waals surface area contributed by atoms with E-state index in [1.165, 1.54) is 0 Å². The van der Waals surface area contributed by atoms with Crippen LogP contribution in [0.3, 0.4) is 0 Å². The fourth-order valence-electron chi connectivity index (χ4n) is 0.976. The fraction of sp³-hybridized carbons (Fsp3) is 0.778. The third kappa shape index (κ3) is 3.72. The van der Waals surface area contributed by atoms with Gasteiger partial charge in [-0.15, -0.1) is 0 Å². The average molecular weight is 168 g/mol. The number of ether oxygens (including phenoxy) is 1. The molecule has 0 amide bonds. The Kier molecular flexibility index (Phi) is 4.09. The Morgan fingerprint density at radius 1 is 1.58 bits per heavy atom. The molecule has 0 aliphatic carbocycles. The molecule has 0 bridgehead atoms. The van der Waals surface area contributed by atoms with Crippen molar-refractivity contribution in [2.45, 2.75) is 6.10 Å². The lowest BCUT2D eigenvalue weighted by Gasteiger charge is -2.18. The van der Waals surface area contributed by atoms with E-state index in [1.54, 1.807) is 0 Å². The largest absolute Gasteiger partial charge is 0.363 e. The molecule has 68 valence electrons. The van der Waals surface area contributed by atoms with Crippen molar-refractivity contribution in [1.29, 1.82) is 0 Å². The molecule has 3 heteroatoms. The van der Waals surface area contributed by atoms with Gasteiger partial charge < -0.3 is 10.1 Å². The maximum atomic E-state index is 5.41. The van der Waals surface area contributed by atoms with E-state index in [9.17, 15) is 0 Å². The summed E-state index contributed by atoms with van der Waals surface area (Å²) >= 11 is 0. The van der Waals surface area contributed by atoms with Gasteiger partial charge in [-0.3, -0.25) is 4.90 Å². The summed E-state index contributed by atoms with van der Waals surface area (Å²) in [6.07, 6.45) is 0.0960. The Balaban J connectivity index is 2.21. The minimum absolute atomic E-state index is 0.0960. The van der Waals surface area contributed by atoms with Crippen molar-refractivity contribution in [1.82, 2.24) is 10.2 Å². The highest BCUT2D eigenvalue weighted by atomic mass is 16.5. The van der Waals surface area contributed by atoms with Crippen molar-refractivity contribution in [3.8, 4) is 11.8 Å². The van der Waals surface area contributed by atoms with E-state index in [1.807, 2.05) is 19.0 Å². The molecule has 1 rings (SSSR count). The van der Waals surface area contributed by atoms with Crippen LogP contribution in [0.15, 0.2) is 0 Å². The molecule has 0 spiro atoms. The molecule has 0 saturated carbocycles. The molecular weight excluding hydrogens is 152 g/mol. The summed E-state index contributed by atoms with van der Waals surface area (Å²) < 4.78 is 5.41. The Hall–Kier alpha value is -0.560. The molecule has 1 atom stereocenters. The maximum absolute atomic E-state index is 5.41. The van der Waals surface area contributed by atoms with Crippen molar-refractivity contribution in [3.63, 3.8) is 0 Å². The zero-order chi connectivity index (χ0) is 8.81. The van der Waals surface area contributed by atoms with Gasteiger partial charge in [-0.05, 0) is 14.1 Å². The van der Waals surface area contributed by atoms with E-state index in [2.05, 4.69) is 17.2 Å². The number of hydrogen-bond donors (Lipinski definition) is 1. The molecule has 12 heavy (non-hydrogen) atoms. The molecule has 1 aliphatic heterocycles. The number of nitrogens with zero attached hydrogens (tertiary/aromatic N) is 1. The minimum Gasteiger partial charge on any atom is -0.363 e. The monoisotopic (exact) mass is 168 g/mol. The molecule has 0 aromatic heterocycles. The third-order valence-corrected chi connectivity index (χ3v) is 1.59. The number of morpholine rings is 1. The predicted octanol–water partition coefficient (Wildman–Crippen LogP) is -0.460. The topological polar surface area (TPSA) is 24.5 Å². The number of hydrogen-bond acceptors (Lipinski definition) is 3. The Morgan fingerprint density at radius 2 is 2.42 bits per heavy atom. The van der Waals surface area contributed by atoms with Crippen LogP contribution in [-0.2, 0) is 4.74 Å². The molecule has 1 fully saturated rings. The van der Waals surface area contributed by atoms with Crippen LogP contribution in [-0.4, -0.2) is 51.3 Å². The molecule has 0 aromatic carbocycles. The van der Waals surface area contributed by atoms with Gasteiger partial charge >= 0.3 is 0 Å². The second-order valence-corrected chi connectivity index (χ2v) is 3.12. The molecule has 0 radical (unpaired) electrons. The lowest BCUT2D eigenvalue weighted by atomic mass is 10.3. The average Bonchev–Trinajstić information content (AvgIpc) is 2.05. The van der Waals surface area contributed by atoms with Crippen LogP contribution in [0.25, 0.3) is 0 Å². The molecule has 1 N–H and O–H groups in total. The lowest BCUT2D eigenvalue weighted by molar-refractivity contribution is 0.0650. The summed E-state index contributed by atoms with van der Waals surface area (Å²) in [7, 11) is 4.02. The van der Waals surface area contributed by atoms with Crippen molar-refractivity contribution in [3.05, 3.63) is 0 Å². The quantitative estimate of drug-likeness (QED) is 0.536. The molecule has 1 aliphatic rings. The first-order chi connectivity index (χ1) is 5.79. The zero-order valence-electron chi connectivity index (χ0n) is 7.76. The van der Waals surface area contributed by atoms with Crippen LogP contribution in [0, 0.1) is 11.8 Å². The summed E-state index contributed by atoms with van der Waals surface area (Å²) in [5, 5.41) is 3.23. The van der Waals surface area contributed by atoms with Crippen LogP contribution in [0.4, 0.5) is 0 Å². The summed E-state index contributed by atoms with van der Waals surface area (Å²) in [6.45, 7) is 3.40. The van der Waals surface area contributed by atoms with E-state index in [0.717, 1.165) is 26.2 Å². The second-order valence-electron chi connectivity index (χ2n) is 3.12. The molecule has 1 heterocycles. The highest BCUT2D eigenvalue weighted by molar-refractivity contribution is 5.07. The van der Waals surface area contributed by atoms with Crippen LogP contribution in [0.5, 0.6) is 0 Å². The Labute approximate surface area is 74.1 Å². The highest BCUT2D eigenvalue weighted by Gasteiger charge is 2.08. The smallest absolute Gasteiger partial charge is 0.130 e. The van der Waals surface area contributed by atoms with E-state index < -0.39 is 0 Å². The third-order valence-electron chi connectivity index (χ3n) is 1.59. The maximum Gasteiger partial charge on any atom is 0.130 e. The van der Waals surface area contributed by atoms with E-state index >= 15 is 0 Å². The van der Waals surface area contributed by atoms with Crippen molar-refractivity contribution in [2.75, 3.05) is 40.3 Å². The van der Waals surface area contributed by atoms with Gasteiger partial charge in [0.25, 0.3) is 0 Å². The molecule has 1 unspecified atom stereocenters. The fourth-order valence-corrected chi connectivity index (χ4v) is 0.976. The summed E-state index contributed by atoms with van der Waals surface area (Å²) in [4.78, 5) is 2.04. The SMILES string of the molecule is CN(C)CC#CC1CNCCO1. The lowest BCUT2D eigenvalue weighted by Crippen LogP contribution is -2.37. The molecule has 3 nitrogen and oxygen atoms in total. The summed E-state index contributed by atoms with van der Waals surface area (Å²) in [5.74, 6) is 6.14.